The largest absolute Gasteiger partial charge is 0.394 e. The molecule has 4 nitrogen and oxygen atoms in total. The monoisotopic (exact) mass is 201 g/mol. The molecule has 4 heteroatoms. The van der Waals surface area contributed by atoms with Crippen molar-refractivity contribution >= 4 is 11.7 Å². The molecule has 14 heavy (non-hydrogen) atoms. The summed E-state index contributed by atoms with van der Waals surface area (Å²) in [5.41, 5.74) is 0. The van der Waals surface area contributed by atoms with E-state index in [1.807, 2.05) is 0 Å². The highest BCUT2D eigenvalue weighted by Crippen LogP contribution is 2.01. The maximum absolute atomic E-state index is 11.5. The van der Waals surface area contributed by atoms with Gasteiger partial charge < -0.3 is 10.4 Å². The summed E-state index contributed by atoms with van der Waals surface area (Å²) >= 11 is 0. The van der Waals surface area contributed by atoms with E-state index in [0.29, 0.717) is 0 Å². The van der Waals surface area contributed by atoms with Crippen LogP contribution in [0.4, 0.5) is 0 Å². The summed E-state index contributed by atoms with van der Waals surface area (Å²) in [6.45, 7) is 6.63. The Balaban J connectivity index is 4.30. The molecule has 0 fully saturated rings. The van der Waals surface area contributed by atoms with Gasteiger partial charge in [0.15, 0.2) is 5.78 Å². The van der Waals surface area contributed by atoms with E-state index in [1.165, 1.54) is 0 Å². The predicted octanol–water partition coefficient (Wildman–Crippen LogP) is 0.345. The summed E-state index contributed by atoms with van der Waals surface area (Å²) in [7, 11) is 0. The number of amides is 1. The van der Waals surface area contributed by atoms with Crippen molar-refractivity contribution in [3.8, 4) is 0 Å². The second kappa shape index (κ2) is 5.75. The zero-order valence-corrected chi connectivity index (χ0v) is 9.20. The Labute approximate surface area is 84.7 Å². The van der Waals surface area contributed by atoms with Gasteiger partial charge in [0.25, 0.3) is 0 Å². The van der Waals surface area contributed by atoms with Gasteiger partial charge >= 0.3 is 0 Å². The number of aliphatic hydroxyl groups excluding tert-OH is 1. The van der Waals surface area contributed by atoms with Crippen LogP contribution in [0.1, 0.15) is 27.7 Å². The zero-order valence-electron chi connectivity index (χ0n) is 9.20. The van der Waals surface area contributed by atoms with E-state index in [1.54, 1.807) is 27.7 Å². The lowest BCUT2D eigenvalue weighted by atomic mass is 10.0. The first-order valence-corrected chi connectivity index (χ1v) is 4.85. The van der Waals surface area contributed by atoms with E-state index in [9.17, 15) is 9.59 Å². The van der Waals surface area contributed by atoms with Crippen LogP contribution in [0, 0.1) is 11.8 Å². The van der Waals surface area contributed by atoms with E-state index in [4.69, 9.17) is 5.11 Å². The second-order valence-electron chi connectivity index (χ2n) is 3.96. The average Bonchev–Trinajstić information content (AvgIpc) is 2.12. The van der Waals surface area contributed by atoms with Crippen molar-refractivity contribution in [1.29, 1.82) is 0 Å². The fraction of sp³-hybridized carbons (Fsp3) is 0.800. The molecule has 0 rings (SSSR count). The standard InChI is InChI=1S/C10H19NO3/c1-6(2)9(13)8(5-12)11-10(14)7(3)4/h6-8,12H,5H2,1-4H3,(H,11,14). The van der Waals surface area contributed by atoms with Crippen LogP contribution in [-0.4, -0.2) is 29.4 Å². The van der Waals surface area contributed by atoms with Gasteiger partial charge in [0.2, 0.25) is 5.91 Å². The van der Waals surface area contributed by atoms with Crippen LogP contribution in [0.5, 0.6) is 0 Å². The Bertz CT molecular complexity index is 211. The number of carbonyl (C=O) groups is 2. The molecule has 1 atom stereocenters. The van der Waals surface area contributed by atoms with E-state index in [2.05, 4.69) is 5.32 Å². The van der Waals surface area contributed by atoms with Crippen LogP contribution in [0.2, 0.25) is 0 Å². The molecular weight excluding hydrogens is 182 g/mol. The first-order valence-electron chi connectivity index (χ1n) is 4.85. The minimum atomic E-state index is -0.759. The van der Waals surface area contributed by atoms with Crippen LogP contribution in [-0.2, 0) is 9.59 Å². The van der Waals surface area contributed by atoms with Crippen molar-refractivity contribution in [3.63, 3.8) is 0 Å². The lowest BCUT2D eigenvalue weighted by molar-refractivity contribution is -0.131. The topological polar surface area (TPSA) is 66.4 Å². The van der Waals surface area contributed by atoms with E-state index in [-0.39, 0.29) is 30.1 Å². The van der Waals surface area contributed by atoms with Crippen LogP contribution < -0.4 is 5.32 Å². The number of aliphatic hydroxyl groups is 1. The van der Waals surface area contributed by atoms with Gasteiger partial charge in [-0.3, -0.25) is 9.59 Å². The van der Waals surface area contributed by atoms with Gasteiger partial charge in [0, 0.05) is 11.8 Å². The number of carbonyl (C=O) groups excluding carboxylic acids is 2. The third-order valence-corrected chi connectivity index (χ3v) is 1.94. The number of hydrogen-bond donors (Lipinski definition) is 2. The smallest absolute Gasteiger partial charge is 0.223 e. The van der Waals surface area contributed by atoms with Crippen LogP contribution in [0.15, 0.2) is 0 Å². The number of hydrogen-bond acceptors (Lipinski definition) is 3. The molecule has 0 heterocycles. The molecule has 0 aliphatic heterocycles. The lowest BCUT2D eigenvalue weighted by Gasteiger charge is -2.18. The molecule has 1 amide bonds. The molecule has 0 saturated carbocycles. The Kier molecular flexibility index (Phi) is 5.38. The maximum atomic E-state index is 11.5. The van der Waals surface area contributed by atoms with Crippen LogP contribution >= 0.6 is 0 Å². The van der Waals surface area contributed by atoms with Crippen LogP contribution in [0.25, 0.3) is 0 Å². The normalized spacial score (nSPS) is 13.1. The van der Waals surface area contributed by atoms with Crippen molar-refractivity contribution in [2.45, 2.75) is 33.7 Å². The zero-order chi connectivity index (χ0) is 11.3. The van der Waals surface area contributed by atoms with Gasteiger partial charge in [-0.1, -0.05) is 27.7 Å². The van der Waals surface area contributed by atoms with Crippen LogP contribution in [0.3, 0.4) is 0 Å². The first kappa shape index (κ1) is 13.1. The van der Waals surface area contributed by atoms with Gasteiger partial charge in [0.05, 0.1) is 6.61 Å². The molecule has 82 valence electrons. The molecular formula is C10H19NO3. The molecule has 0 bridgehead atoms. The quantitative estimate of drug-likeness (QED) is 0.674. The van der Waals surface area contributed by atoms with Gasteiger partial charge in [0.1, 0.15) is 6.04 Å². The SMILES string of the molecule is CC(C)C(=O)NC(CO)C(=O)C(C)C. The van der Waals surface area contributed by atoms with Crippen molar-refractivity contribution in [3.05, 3.63) is 0 Å². The van der Waals surface area contributed by atoms with Gasteiger partial charge in [-0.15, -0.1) is 0 Å². The summed E-state index contributed by atoms with van der Waals surface area (Å²) in [5.74, 6) is -0.705. The first-order chi connectivity index (χ1) is 6.40. The number of nitrogens with one attached hydrogen (secondary N) is 1. The highest BCUT2D eigenvalue weighted by Gasteiger charge is 2.22. The highest BCUT2D eigenvalue weighted by atomic mass is 16.3. The number of ketones is 1. The molecule has 0 saturated heterocycles. The molecule has 0 aliphatic carbocycles. The molecule has 0 radical (unpaired) electrons. The van der Waals surface area contributed by atoms with Gasteiger partial charge in [-0.05, 0) is 0 Å². The Morgan fingerprint density at radius 2 is 1.64 bits per heavy atom. The average molecular weight is 201 g/mol. The minimum absolute atomic E-state index is 0.137. The molecule has 0 aliphatic rings. The summed E-state index contributed by atoms with van der Waals surface area (Å²) in [6, 6.07) is -0.759. The third kappa shape index (κ3) is 3.87. The molecule has 0 aromatic carbocycles. The van der Waals surface area contributed by atoms with E-state index < -0.39 is 6.04 Å². The Morgan fingerprint density at radius 3 is 1.93 bits per heavy atom. The summed E-state index contributed by atoms with van der Waals surface area (Å²) < 4.78 is 0. The third-order valence-electron chi connectivity index (χ3n) is 1.94. The molecule has 0 aromatic rings. The van der Waals surface area contributed by atoms with E-state index >= 15 is 0 Å². The molecule has 0 spiro atoms. The van der Waals surface area contributed by atoms with E-state index in [0.717, 1.165) is 0 Å². The highest BCUT2D eigenvalue weighted by molar-refractivity contribution is 5.90. The van der Waals surface area contributed by atoms with Crippen molar-refractivity contribution in [2.75, 3.05) is 6.61 Å². The van der Waals surface area contributed by atoms with Gasteiger partial charge in [-0.25, -0.2) is 0 Å². The predicted molar refractivity (Wildman–Crippen MR) is 53.7 cm³/mol. The fourth-order valence-corrected chi connectivity index (χ4v) is 0.948. The second-order valence-corrected chi connectivity index (χ2v) is 3.96. The summed E-state index contributed by atoms with van der Waals surface area (Å²) in [5, 5.41) is 11.4. The number of rotatable bonds is 5. The van der Waals surface area contributed by atoms with Gasteiger partial charge in [-0.2, -0.15) is 0 Å². The molecule has 1 unspecified atom stereocenters. The fourth-order valence-electron chi connectivity index (χ4n) is 0.948. The Hall–Kier alpha value is -0.900. The van der Waals surface area contributed by atoms with Crippen molar-refractivity contribution < 1.29 is 14.7 Å². The lowest BCUT2D eigenvalue weighted by Crippen LogP contribution is -2.46. The van der Waals surface area contributed by atoms with Crippen molar-refractivity contribution in [2.24, 2.45) is 11.8 Å². The number of Topliss-reactive ketones (excluding diaryl/α,β-unsaturated/α-hetero) is 1. The summed E-state index contributed by atoms with van der Waals surface area (Å²) in [4.78, 5) is 22.7. The molecule has 2 N–H and O–H groups in total. The summed E-state index contributed by atoms with van der Waals surface area (Å²) in [6.07, 6.45) is 0. The maximum Gasteiger partial charge on any atom is 0.223 e. The van der Waals surface area contributed by atoms with Crippen molar-refractivity contribution in [1.82, 2.24) is 5.32 Å². The molecule has 0 aromatic heterocycles. The minimum Gasteiger partial charge on any atom is -0.394 e. The Morgan fingerprint density at radius 1 is 1.14 bits per heavy atom.